The van der Waals surface area contributed by atoms with Crippen LogP contribution in [-0.2, 0) is 19.5 Å². The molecule has 0 amide bonds. The molecule has 1 saturated heterocycles. The molecule has 21 heavy (non-hydrogen) atoms. The zero-order chi connectivity index (χ0) is 15.1. The monoisotopic (exact) mass is 333 g/mol. The van der Waals surface area contributed by atoms with Crippen LogP contribution in [0, 0.1) is 0 Å². The fourth-order valence-electron chi connectivity index (χ4n) is 2.11. The summed E-state index contributed by atoms with van der Waals surface area (Å²) in [7, 11) is -3.56. The van der Waals surface area contributed by atoms with Crippen molar-refractivity contribution in [2.75, 3.05) is 26.4 Å². The van der Waals surface area contributed by atoms with Crippen molar-refractivity contribution in [3.8, 4) is 0 Å². The molecule has 1 aliphatic rings. The molecule has 118 valence electrons. The number of hydrogen-bond donors (Lipinski definition) is 1. The van der Waals surface area contributed by atoms with Gasteiger partial charge < -0.3 is 9.47 Å². The number of ether oxygens (including phenoxy) is 2. The largest absolute Gasteiger partial charge is 0.379 e. The summed E-state index contributed by atoms with van der Waals surface area (Å²) in [5.74, 6) is 0. The first-order chi connectivity index (χ1) is 10.1. The van der Waals surface area contributed by atoms with Gasteiger partial charge in [-0.25, -0.2) is 13.1 Å². The van der Waals surface area contributed by atoms with Crippen LogP contribution in [0.25, 0.3) is 0 Å². The highest BCUT2D eigenvalue weighted by atomic mass is 35.5. The van der Waals surface area contributed by atoms with E-state index in [1.165, 1.54) is 6.07 Å². The highest BCUT2D eigenvalue weighted by Gasteiger charge is 2.17. The van der Waals surface area contributed by atoms with Crippen LogP contribution in [0.15, 0.2) is 29.2 Å². The van der Waals surface area contributed by atoms with Gasteiger partial charge in [-0.15, -0.1) is 0 Å². The van der Waals surface area contributed by atoms with E-state index in [-0.39, 0.29) is 16.0 Å². The van der Waals surface area contributed by atoms with Crippen LogP contribution in [0.5, 0.6) is 0 Å². The van der Waals surface area contributed by atoms with Gasteiger partial charge in [-0.05, 0) is 31.4 Å². The van der Waals surface area contributed by atoms with E-state index in [0.717, 1.165) is 19.4 Å². The number of nitrogens with one attached hydrogen (secondary N) is 1. The molecule has 2 rings (SSSR count). The standard InChI is InChI=1S/C14H20ClNO4S/c15-13-6-1-2-7-14(13)21(17,18)16-8-4-9-19-11-12-5-3-10-20-12/h1-2,6-7,12,16H,3-5,8-11H2. The van der Waals surface area contributed by atoms with E-state index >= 15 is 0 Å². The summed E-state index contributed by atoms with van der Waals surface area (Å²) >= 11 is 5.89. The third kappa shape index (κ3) is 5.23. The molecule has 1 atom stereocenters. The maximum atomic E-state index is 12.0. The molecule has 1 aliphatic heterocycles. The van der Waals surface area contributed by atoms with Gasteiger partial charge in [-0.3, -0.25) is 0 Å². The summed E-state index contributed by atoms with van der Waals surface area (Å²) in [5.41, 5.74) is 0. The second kappa shape index (κ2) is 8.10. The Balaban J connectivity index is 1.67. The summed E-state index contributed by atoms with van der Waals surface area (Å²) < 4.78 is 37.5. The van der Waals surface area contributed by atoms with E-state index in [1.807, 2.05) is 0 Å². The average molecular weight is 334 g/mol. The van der Waals surface area contributed by atoms with Gasteiger partial charge in [0.25, 0.3) is 0 Å². The molecule has 1 heterocycles. The third-order valence-corrected chi connectivity index (χ3v) is 5.17. The molecule has 0 aliphatic carbocycles. The van der Waals surface area contributed by atoms with Gasteiger partial charge in [0.15, 0.2) is 0 Å². The van der Waals surface area contributed by atoms with Crippen LogP contribution >= 0.6 is 11.6 Å². The van der Waals surface area contributed by atoms with Crippen molar-refractivity contribution in [2.24, 2.45) is 0 Å². The molecular weight excluding hydrogens is 314 g/mol. The van der Waals surface area contributed by atoms with Crippen LogP contribution in [0.1, 0.15) is 19.3 Å². The molecule has 0 saturated carbocycles. The van der Waals surface area contributed by atoms with E-state index in [9.17, 15) is 8.42 Å². The van der Waals surface area contributed by atoms with Crippen molar-refractivity contribution in [1.29, 1.82) is 0 Å². The van der Waals surface area contributed by atoms with Crippen molar-refractivity contribution in [3.05, 3.63) is 29.3 Å². The van der Waals surface area contributed by atoms with E-state index in [1.54, 1.807) is 18.2 Å². The Morgan fingerprint density at radius 3 is 2.90 bits per heavy atom. The predicted molar refractivity (Wildman–Crippen MR) is 81.1 cm³/mol. The second-order valence-corrected chi connectivity index (χ2v) is 7.03. The number of rotatable bonds is 8. The normalized spacial score (nSPS) is 19.0. The van der Waals surface area contributed by atoms with Gasteiger partial charge in [0.05, 0.1) is 17.7 Å². The van der Waals surface area contributed by atoms with Crippen LogP contribution in [0.4, 0.5) is 0 Å². The summed E-state index contributed by atoms with van der Waals surface area (Å²) in [4.78, 5) is 0.104. The number of halogens is 1. The zero-order valence-electron chi connectivity index (χ0n) is 11.8. The van der Waals surface area contributed by atoms with Gasteiger partial charge in [-0.1, -0.05) is 23.7 Å². The average Bonchev–Trinajstić information content (AvgIpc) is 2.96. The molecule has 0 radical (unpaired) electrons. The molecule has 1 fully saturated rings. The lowest BCUT2D eigenvalue weighted by molar-refractivity contribution is 0.0169. The Morgan fingerprint density at radius 1 is 1.38 bits per heavy atom. The Kier molecular flexibility index (Phi) is 6.44. The Morgan fingerprint density at radius 2 is 2.19 bits per heavy atom. The molecule has 0 spiro atoms. The lowest BCUT2D eigenvalue weighted by Crippen LogP contribution is -2.26. The number of sulfonamides is 1. The van der Waals surface area contributed by atoms with Crippen molar-refractivity contribution in [1.82, 2.24) is 4.72 Å². The number of benzene rings is 1. The first-order valence-corrected chi connectivity index (χ1v) is 8.89. The second-order valence-electron chi connectivity index (χ2n) is 4.89. The Labute approximate surface area is 130 Å². The maximum Gasteiger partial charge on any atom is 0.242 e. The molecule has 0 bridgehead atoms. The molecule has 1 N–H and O–H groups in total. The summed E-state index contributed by atoms with van der Waals surface area (Å²) in [6.45, 7) is 2.22. The lowest BCUT2D eigenvalue weighted by atomic mass is 10.2. The molecule has 0 aromatic heterocycles. The molecule has 1 aromatic rings. The van der Waals surface area contributed by atoms with E-state index in [2.05, 4.69) is 4.72 Å². The first kappa shape index (κ1) is 16.7. The zero-order valence-corrected chi connectivity index (χ0v) is 13.3. The summed E-state index contributed by atoms with van der Waals surface area (Å²) in [5, 5.41) is 0.222. The number of hydrogen-bond acceptors (Lipinski definition) is 4. The van der Waals surface area contributed by atoms with Gasteiger partial charge in [0, 0.05) is 19.8 Å². The summed E-state index contributed by atoms with van der Waals surface area (Å²) in [6, 6.07) is 6.38. The summed E-state index contributed by atoms with van der Waals surface area (Å²) in [6.07, 6.45) is 2.94. The van der Waals surface area contributed by atoms with E-state index in [0.29, 0.717) is 26.2 Å². The fraction of sp³-hybridized carbons (Fsp3) is 0.571. The molecular formula is C14H20ClNO4S. The molecule has 1 unspecified atom stereocenters. The van der Waals surface area contributed by atoms with Gasteiger partial charge in [-0.2, -0.15) is 0 Å². The van der Waals surface area contributed by atoms with E-state index < -0.39 is 10.0 Å². The lowest BCUT2D eigenvalue weighted by Gasteiger charge is -2.11. The minimum absolute atomic E-state index is 0.104. The Bertz CT molecular complexity index is 544. The first-order valence-electron chi connectivity index (χ1n) is 7.03. The highest BCUT2D eigenvalue weighted by molar-refractivity contribution is 7.89. The minimum Gasteiger partial charge on any atom is -0.379 e. The highest BCUT2D eigenvalue weighted by Crippen LogP contribution is 2.19. The van der Waals surface area contributed by atoms with Crippen LogP contribution in [0.2, 0.25) is 5.02 Å². The van der Waals surface area contributed by atoms with Crippen molar-refractivity contribution in [3.63, 3.8) is 0 Å². The van der Waals surface area contributed by atoms with E-state index in [4.69, 9.17) is 21.1 Å². The predicted octanol–water partition coefficient (Wildman–Crippen LogP) is 2.20. The SMILES string of the molecule is O=S(=O)(NCCCOCC1CCCO1)c1ccccc1Cl. The van der Waals surface area contributed by atoms with Crippen LogP contribution in [-0.4, -0.2) is 40.9 Å². The maximum absolute atomic E-state index is 12.0. The van der Waals surface area contributed by atoms with Crippen LogP contribution in [0.3, 0.4) is 0 Å². The van der Waals surface area contributed by atoms with Gasteiger partial charge >= 0.3 is 0 Å². The molecule has 5 nitrogen and oxygen atoms in total. The van der Waals surface area contributed by atoms with Crippen molar-refractivity contribution in [2.45, 2.75) is 30.3 Å². The van der Waals surface area contributed by atoms with Gasteiger partial charge in [0.2, 0.25) is 10.0 Å². The molecule has 7 heteroatoms. The van der Waals surface area contributed by atoms with Crippen LogP contribution < -0.4 is 4.72 Å². The topological polar surface area (TPSA) is 64.6 Å². The molecule has 1 aromatic carbocycles. The Hall–Kier alpha value is -0.660. The van der Waals surface area contributed by atoms with Gasteiger partial charge in [0.1, 0.15) is 4.90 Å². The minimum atomic E-state index is -3.56. The quantitative estimate of drug-likeness (QED) is 0.741. The fourth-order valence-corrected chi connectivity index (χ4v) is 3.70. The van der Waals surface area contributed by atoms with Crippen molar-refractivity contribution < 1.29 is 17.9 Å². The smallest absolute Gasteiger partial charge is 0.242 e. The third-order valence-electron chi connectivity index (χ3n) is 3.21. The van der Waals surface area contributed by atoms with Crippen molar-refractivity contribution >= 4 is 21.6 Å².